The molecule has 0 amide bonds. The predicted octanol–water partition coefficient (Wildman–Crippen LogP) is 3.89. The van der Waals surface area contributed by atoms with E-state index in [1.54, 1.807) is 26.4 Å². The molecule has 2 atom stereocenters. The van der Waals surface area contributed by atoms with E-state index in [0.29, 0.717) is 35.9 Å². The van der Waals surface area contributed by atoms with E-state index in [1.807, 2.05) is 12.1 Å². The summed E-state index contributed by atoms with van der Waals surface area (Å²) in [5, 5.41) is 9.96. The maximum Gasteiger partial charge on any atom is 0.303 e. The molecule has 0 aromatic heterocycles. The molecule has 0 bridgehead atoms. The fraction of sp³-hybridized carbons (Fsp3) is 0.440. The molecule has 2 aromatic carbocycles. The summed E-state index contributed by atoms with van der Waals surface area (Å²) in [6.45, 7) is 1.11. The Morgan fingerprint density at radius 3 is 2.49 bits per heavy atom. The lowest BCUT2D eigenvalue weighted by atomic mass is 9.79. The van der Waals surface area contributed by atoms with Crippen molar-refractivity contribution in [1.82, 2.24) is 4.31 Å². The minimum Gasteiger partial charge on any atom is -0.493 e. The Labute approximate surface area is 210 Å². The van der Waals surface area contributed by atoms with Gasteiger partial charge in [-0.25, -0.2) is 8.42 Å². The van der Waals surface area contributed by atoms with E-state index in [-0.39, 0.29) is 36.2 Å². The van der Waals surface area contributed by atoms with Gasteiger partial charge in [-0.15, -0.1) is 0 Å². The lowest BCUT2D eigenvalue weighted by molar-refractivity contribution is -0.138. The van der Waals surface area contributed by atoms with Gasteiger partial charge in [-0.3, -0.25) is 9.79 Å². The molecule has 188 valence electrons. The minimum absolute atomic E-state index is 0.00836. The summed E-state index contributed by atoms with van der Waals surface area (Å²) >= 11 is 5.93. The first-order chi connectivity index (χ1) is 16.7. The van der Waals surface area contributed by atoms with Gasteiger partial charge >= 0.3 is 5.97 Å². The highest BCUT2D eigenvalue weighted by Crippen LogP contribution is 2.37. The third kappa shape index (κ3) is 5.47. The van der Waals surface area contributed by atoms with Gasteiger partial charge in [0.1, 0.15) is 0 Å². The number of sulfonamides is 1. The topological polar surface area (TPSA) is 106 Å². The Bertz CT molecular complexity index is 1230. The maximum atomic E-state index is 13.3. The van der Waals surface area contributed by atoms with Crippen LogP contribution >= 0.6 is 11.6 Å². The van der Waals surface area contributed by atoms with Gasteiger partial charge in [-0.05, 0) is 73.1 Å². The van der Waals surface area contributed by atoms with Gasteiger partial charge in [-0.2, -0.15) is 4.31 Å². The van der Waals surface area contributed by atoms with Crippen LogP contribution in [-0.4, -0.2) is 63.4 Å². The summed E-state index contributed by atoms with van der Waals surface area (Å²) < 4.78 is 39.0. The van der Waals surface area contributed by atoms with Gasteiger partial charge in [0.05, 0.1) is 19.1 Å². The molecule has 0 saturated carbocycles. The van der Waals surface area contributed by atoms with Crippen molar-refractivity contribution in [2.75, 3.05) is 33.9 Å². The first-order valence-electron chi connectivity index (χ1n) is 11.5. The van der Waals surface area contributed by atoms with Gasteiger partial charge in [0.2, 0.25) is 10.0 Å². The van der Waals surface area contributed by atoms with Crippen LogP contribution < -0.4 is 9.47 Å². The van der Waals surface area contributed by atoms with Crippen molar-refractivity contribution in [3.05, 3.63) is 52.5 Å². The number of hydrogen-bond acceptors (Lipinski definition) is 6. The van der Waals surface area contributed by atoms with Crippen LogP contribution in [0.1, 0.15) is 30.4 Å². The van der Waals surface area contributed by atoms with Crippen molar-refractivity contribution in [1.29, 1.82) is 0 Å². The summed E-state index contributed by atoms with van der Waals surface area (Å²) in [7, 11) is -0.563. The van der Waals surface area contributed by atoms with Crippen LogP contribution in [0.3, 0.4) is 0 Å². The SMILES string of the molecule is COc1cc2c(cc1OC)C(CC1CN(S(=O)(=O)c3ccc(Cl)cc3)CCC1CC(=O)O)=NCC2. The molecule has 35 heavy (non-hydrogen) atoms. The van der Waals surface area contributed by atoms with Crippen molar-refractivity contribution < 1.29 is 27.8 Å². The molecular formula is C25H29ClN2O6S. The lowest BCUT2D eigenvalue weighted by Gasteiger charge is -2.38. The molecule has 1 saturated heterocycles. The third-order valence-corrected chi connectivity index (χ3v) is 8.93. The quantitative estimate of drug-likeness (QED) is 0.566. The zero-order valence-corrected chi connectivity index (χ0v) is 21.3. The number of rotatable bonds is 8. The molecule has 1 N–H and O–H groups in total. The average molecular weight is 521 g/mol. The standard InChI is InChI=1S/C25H29ClN2O6S/c1-33-23-12-17-7-9-27-22(21(17)14-24(23)34-2)11-18-15-28(10-8-16(18)13-25(29)30)35(31,32)20-5-3-19(26)4-6-20/h3-6,12,14,16,18H,7-11,13,15H2,1-2H3,(H,29,30). The fourth-order valence-corrected chi connectivity index (χ4v) is 6.60. The molecule has 1 fully saturated rings. The van der Waals surface area contributed by atoms with Gasteiger partial charge in [0.15, 0.2) is 11.5 Å². The number of piperidine rings is 1. The predicted molar refractivity (Wildman–Crippen MR) is 133 cm³/mol. The zero-order valence-electron chi connectivity index (χ0n) is 19.7. The summed E-state index contributed by atoms with van der Waals surface area (Å²) in [5.74, 6) is 0.0104. The van der Waals surface area contributed by atoms with E-state index in [9.17, 15) is 18.3 Å². The molecule has 10 heteroatoms. The number of aliphatic imine (C=N–C) groups is 1. The van der Waals surface area contributed by atoms with Crippen LogP contribution in [0.4, 0.5) is 0 Å². The van der Waals surface area contributed by atoms with Crippen LogP contribution in [0, 0.1) is 11.8 Å². The Morgan fingerprint density at radius 2 is 1.83 bits per heavy atom. The van der Waals surface area contributed by atoms with E-state index in [0.717, 1.165) is 23.3 Å². The van der Waals surface area contributed by atoms with Gasteiger partial charge in [0.25, 0.3) is 0 Å². The monoisotopic (exact) mass is 520 g/mol. The number of hydrogen-bond donors (Lipinski definition) is 1. The van der Waals surface area contributed by atoms with Crippen molar-refractivity contribution in [3.8, 4) is 11.5 Å². The number of fused-ring (bicyclic) bond motifs is 1. The van der Waals surface area contributed by atoms with Crippen molar-refractivity contribution in [2.45, 2.75) is 30.6 Å². The first kappa shape index (κ1) is 25.5. The number of benzene rings is 2. The number of halogens is 1. The first-order valence-corrected chi connectivity index (χ1v) is 13.3. The van der Waals surface area contributed by atoms with E-state index < -0.39 is 16.0 Å². The largest absolute Gasteiger partial charge is 0.493 e. The highest BCUT2D eigenvalue weighted by Gasteiger charge is 2.37. The summed E-state index contributed by atoms with van der Waals surface area (Å²) in [5.41, 5.74) is 2.88. The molecule has 2 aliphatic rings. The van der Waals surface area contributed by atoms with Gasteiger partial charge < -0.3 is 14.6 Å². The number of nitrogens with zero attached hydrogens (tertiary/aromatic N) is 2. The highest BCUT2D eigenvalue weighted by atomic mass is 35.5. The Balaban J connectivity index is 1.62. The maximum absolute atomic E-state index is 13.3. The second-order valence-electron chi connectivity index (χ2n) is 8.87. The molecular weight excluding hydrogens is 492 g/mol. The van der Waals surface area contributed by atoms with Gasteiger partial charge in [-0.1, -0.05) is 11.6 Å². The second-order valence-corrected chi connectivity index (χ2v) is 11.2. The van der Waals surface area contributed by atoms with E-state index in [4.69, 9.17) is 26.1 Å². The summed E-state index contributed by atoms with van der Waals surface area (Å²) in [6.07, 6.45) is 1.70. The highest BCUT2D eigenvalue weighted by molar-refractivity contribution is 7.89. The smallest absolute Gasteiger partial charge is 0.303 e. The van der Waals surface area contributed by atoms with E-state index in [1.165, 1.54) is 16.4 Å². The number of methoxy groups -OCH3 is 2. The molecule has 2 unspecified atom stereocenters. The second kappa shape index (κ2) is 10.6. The fourth-order valence-electron chi connectivity index (χ4n) is 4.96. The van der Waals surface area contributed by atoms with Crippen LogP contribution in [0.15, 0.2) is 46.3 Å². The molecule has 4 rings (SSSR count). The number of ether oxygens (including phenoxy) is 2. The molecule has 0 spiro atoms. The summed E-state index contributed by atoms with van der Waals surface area (Å²) in [4.78, 5) is 16.5. The van der Waals surface area contributed by atoms with E-state index >= 15 is 0 Å². The number of carboxylic acids is 1. The number of carboxylic acid groups (broad SMARTS) is 1. The van der Waals surface area contributed by atoms with Crippen LogP contribution in [-0.2, 0) is 21.2 Å². The molecule has 2 aromatic rings. The normalized spacial score (nSPS) is 20.6. The Kier molecular flexibility index (Phi) is 7.68. The Hall–Kier alpha value is -2.62. The molecule has 2 heterocycles. The molecule has 2 aliphatic heterocycles. The summed E-state index contributed by atoms with van der Waals surface area (Å²) in [6, 6.07) is 9.96. The third-order valence-electron chi connectivity index (χ3n) is 6.80. The van der Waals surface area contributed by atoms with Gasteiger partial charge in [0, 0.05) is 42.4 Å². The minimum atomic E-state index is -3.73. The zero-order chi connectivity index (χ0) is 25.2. The molecule has 8 nitrogen and oxygen atoms in total. The Morgan fingerprint density at radius 1 is 1.14 bits per heavy atom. The van der Waals surface area contributed by atoms with Crippen molar-refractivity contribution >= 4 is 33.3 Å². The average Bonchev–Trinajstić information content (AvgIpc) is 2.84. The van der Waals surface area contributed by atoms with Crippen LogP contribution in [0.5, 0.6) is 11.5 Å². The molecule has 0 radical (unpaired) electrons. The van der Waals surface area contributed by atoms with E-state index in [2.05, 4.69) is 0 Å². The molecule has 0 aliphatic carbocycles. The number of aliphatic carboxylic acids is 1. The van der Waals surface area contributed by atoms with Crippen LogP contribution in [0.2, 0.25) is 5.02 Å². The van der Waals surface area contributed by atoms with Crippen molar-refractivity contribution in [2.24, 2.45) is 16.8 Å². The van der Waals surface area contributed by atoms with Crippen molar-refractivity contribution in [3.63, 3.8) is 0 Å². The van der Waals surface area contributed by atoms with Crippen LogP contribution in [0.25, 0.3) is 0 Å². The number of carbonyl (C=O) groups is 1. The lowest BCUT2D eigenvalue weighted by Crippen LogP contribution is -2.45.